The minimum Gasteiger partial charge on any atom is -0.344 e. The summed E-state index contributed by atoms with van der Waals surface area (Å²) in [7, 11) is 0. The fourth-order valence-corrected chi connectivity index (χ4v) is 2.60. The molecule has 0 aliphatic carbocycles. The van der Waals surface area contributed by atoms with Gasteiger partial charge in [0.2, 0.25) is 0 Å². The van der Waals surface area contributed by atoms with Gasteiger partial charge in [-0.1, -0.05) is 31.7 Å². The Labute approximate surface area is 133 Å². The van der Waals surface area contributed by atoms with Gasteiger partial charge in [-0.05, 0) is 25.5 Å². The quantitative estimate of drug-likeness (QED) is 0.476. The second-order valence-corrected chi connectivity index (χ2v) is 6.23. The van der Waals surface area contributed by atoms with Crippen molar-refractivity contribution in [3.63, 3.8) is 0 Å². The van der Waals surface area contributed by atoms with Crippen molar-refractivity contribution in [1.82, 2.24) is 9.38 Å². The fourth-order valence-electron chi connectivity index (χ4n) is 2.60. The Hall–Kier alpha value is -1.18. The molecule has 0 unspecified atom stereocenters. The molecule has 1 aromatic carbocycles. The van der Waals surface area contributed by atoms with Crippen LogP contribution in [0.3, 0.4) is 0 Å². The zero-order chi connectivity index (χ0) is 13.8. The van der Waals surface area contributed by atoms with Crippen LogP contribution in [0.2, 0.25) is 0 Å². The van der Waals surface area contributed by atoms with Crippen molar-refractivity contribution in [2.75, 3.05) is 0 Å². The van der Waals surface area contributed by atoms with E-state index in [1.165, 1.54) is 16.6 Å². The van der Waals surface area contributed by atoms with Crippen molar-refractivity contribution >= 4 is 16.4 Å². The molecule has 0 bridgehead atoms. The molecule has 0 saturated heterocycles. The molecule has 3 rings (SSSR count). The van der Waals surface area contributed by atoms with E-state index in [2.05, 4.69) is 63.4 Å². The molecule has 20 heavy (non-hydrogen) atoms. The smallest absolute Gasteiger partial charge is 0.0609 e. The first-order valence-corrected chi connectivity index (χ1v) is 6.69. The number of nitrogens with zero attached hydrogens (tertiary/aromatic N) is 2. The molecule has 3 aromatic rings. The standard InChI is InChI=1S/C17H19N2.Ir/c1-11-12(2)19-10-15(17(3,4)5)13-8-6-7-9-14(13)16(19)18-11;/h6-8,10H,1-5H3;/q-1;. The van der Waals surface area contributed by atoms with Gasteiger partial charge < -0.3 is 4.40 Å². The van der Waals surface area contributed by atoms with Gasteiger partial charge in [0.05, 0.1) is 5.65 Å². The Balaban J connectivity index is 0.00000147. The third-order valence-corrected chi connectivity index (χ3v) is 3.82. The second-order valence-electron chi connectivity index (χ2n) is 6.23. The van der Waals surface area contributed by atoms with E-state index in [1.807, 2.05) is 6.07 Å². The molecule has 2 aromatic heterocycles. The number of hydrogen-bond acceptors (Lipinski definition) is 1. The zero-order valence-electron chi connectivity index (χ0n) is 12.5. The van der Waals surface area contributed by atoms with Crippen LogP contribution in [-0.4, -0.2) is 9.38 Å². The molecular formula is C17H19IrN2-. The van der Waals surface area contributed by atoms with E-state index in [0.29, 0.717) is 0 Å². The number of hydrogen-bond donors (Lipinski definition) is 0. The van der Waals surface area contributed by atoms with E-state index in [-0.39, 0.29) is 25.5 Å². The summed E-state index contributed by atoms with van der Waals surface area (Å²) in [4.78, 5) is 4.70. The summed E-state index contributed by atoms with van der Waals surface area (Å²) < 4.78 is 2.20. The first-order valence-electron chi connectivity index (χ1n) is 6.69. The molecule has 0 fully saturated rings. The maximum atomic E-state index is 4.70. The Morgan fingerprint density at radius 1 is 1.20 bits per heavy atom. The molecule has 0 aliphatic rings. The Morgan fingerprint density at radius 3 is 2.55 bits per heavy atom. The van der Waals surface area contributed by atoms with Crippen molar-refractivity contribution < 1.29 is 20.1 Å². The second kappa shape index (κ2) is 4.98. The predicted octanol–water partition coefficient (Wildman–Crippen LogP) is 4.20. The number of aromatic nitrogens is 2. The van der Waals surface area contributed by atoms with Crippen LogP contribution in [0.25, 0.3) is 16.4 Å². The minimum atomic E-state index is 0. The van der Waals surface area contributed by atoms with Crippen LogP contribution in [-0.2, 0) is 25.5 Å². The molecule has 0 atom stereocenters. The Bertz CT molecular complexity index is 779. The molecule has 3 heteroatoms. The van der Waals surface area contributed by atoms with Gasteiger partial charge in [-0.15, -0.1) is 29.7 Å². The predicted molar refractivity (Wildman–Crippen MR) is 79.7 cm³/mol. The minimum absolute atomic E-state index is 0. The molecule has 2 heterocycles. The van der Waals surface area contributed by atoms with Gasteiger partial charge in [0.25, 0.3) is 0 Å². The number of benzene rings is 1. The van der Waals surface area contributed by atoms with Crippen molar-refractivity contribution in [3.8, 4) is 0 Å². The molecule has 0 amide bonds. The van der Waals surface area contributed by atoms with Crippen LogP contribution in [0, 0.1) is 19.9 Å². The number of pyridine rings is 1. The van der Waals surface area contributed by atoms with Crippen LogP contribution in [0.1, 0.15) is 37.7 Å². The van der Waals surface area contributed by atoms with Gasteiger partial charge in [0.1, 0.15) is 0 Å². The van der Waals surface area contributed by atoms with E-state index < -0.39 is 0 Å². The maximum Gasteiger partial charge on any atom is 0.0609 e. The van der Waals surface area contributed by atoms with Gasteiger partial charge in [0, 0.05) is 31.5 Å². The van der Waals surface area contributed by atoms with Crippen LogP contribution >= 0.6 is 0 Å². The van der Waals surface area contributed by atoms with Gasteiger partial charge >= 0.3 is 0 Å². The van der Waals surface area contributed by atoms with Crippen LogP contribution in [0.15, 0.2) is 24.4 Å². The summed E-state index contributed by atoms with van der Waals surface area (Å²) in [5, 5.41) is 2.37. The molecule has 2 nitrogen and oxygen atoms in total. The molecule has 0 aliphatic heterocycles. The number of imidazole rings is 1. The average molecular weight is 444 g/mol. The Morgan fingerprint density at radius 2 is 1.90 bits per heavy atom. The molecule has 0 saturated carbocycles. The van der Waals surface area contributed by atoms with Crippen molar-refractivity contribution in [1.29, 1.82) is 0 Å². The van der Waals surface area contributed by atoms with Crippen molar-refractivity contribution in [2.24, 2.45) is 0 Å². The summed E-state index contributed by atoms with van der Waals surface area (Å²) in [6, 6.07) is 9.55. The van der Waals surface area contributed by atoms with E-state index in [0.717, 1.165) is 16.7 Å². The number of aryl methyl sites for hydroxylation is 2. The summed E-state index contributed by atoms with van der Waals surface area (Å²) in [5.74, 6) is 0. The topological polar surface area (TPSA) is 17.3 Å². The summed E-state index contributed by atoms with van der Waals surface area (Å²) >= 11 is 0. The Kier molecular flexibility index (Phi) is 3.79. The number of rotatable bonds is 0. The summed E-state index contributed by atoms with van der Waals surface area (Å²) in [6.07, 6.45) is 2.24. The van der Waals surface area contributed by atoms with Gasteiger partial charge in [-0.25, -0.2) is 0 Å². The average Bonchev–Trinajstić information content (AvgIpc) is 2.64. The summed E-state index contributed by atoms with van der Waals surface area (Å²) in [5.41, 5.74) is 4.75. The van der Waals surface area contributed by atoms with E-state index in [9.17, 15) is 0 Å². The third-order valence-electron chi connectivity index (χ3n) is 3.82. The molecule has 1 radical (unpaired) electrons. The zero-order valence-corrected chi connectivity index (χ0v) is 14.9. The van der Waals surface area contributed by atoms with Crippen LogP contribution in [0.4, 0.5) is 0 Å². The van der Waals surface area contributed by atoms with Gasteiger partial charge in [-0.3, -0.25) is 4.98 Å². The summed E-state index contributed by atoms with van der Waals surface area (Å²) in [6.45, 7) is 10.9. The SMILES string of the molecule is Cc1nc2c3[c-]cccc3c(C(C)(C)C)cn2c1C.[Ir]. The van der Waals surface area contributed by atoms with Gasteiger partial charge in [-0.2, -0.15) is 0 Å². The molecule has 0 spiro atoms. The van der Waals surface area contributed by atoms with Crippen molar-refractivity contribution in [2.45, 2.75) is 40.0 Å². The van der Waals surface area contributed by atoms with Crippen molar-refractivity contribution in [3.05, 3.63) is 47.4 Å². The molecular weight excluding hydrogens is 424 g/mol. The van der Waals surface area contributed by atoms with Gasteiger partial charge in [0.15, 0.2) is 0 Å². The van der Waals surface area contributed by atoms with Crippen LogP contribution < -0.4 is 0 Å². The normalized spacial score (nSPS) is 11.8. The monoisotopic (exact) mass is 444 g/mol. The van der Waals surface area contributed by atoms with Crippen LogP contribution in [0.5, 0.6) is 0 Å². The largest absolute Gasteiger partial charge is 0.344 e. The van der Waals surface area contributed by atoms with E-state index >= 15 is 0 Å². The molecule has 0 N–H and O–H groups in total. The molecule has 107 valence electrons. The fraction of sp³-hybridized carbons (Fsp3) is 0.353. The first-order chi connectivity index (χ1) is 8.89. The van der Waals surface area contributed by atoms with E-state index in [1.54, 1.807) is 0 Å². The number of fused-ring (bicyclic) bond motifs is 3. The third kappa shape index (κ3) is 2.19. The van der Waals surface area contributed by atoms with E-state index in [4.69, 9.17) is 4.98 Å². The maximum absolute atomic E-state index is 4.70. The first kappa shape index (κ1) is 15.2.